The quantitative estimate of drug-likeness (QED) is 0.781. The van der Waals surface area contributed by atoms with Crippen molar-refractivity contribution in [3.05, 3.63) is 11.9 Å². The summed E-state index contributed by atoms with van der Waals surface area (Å²) < 4.78 is 13.5. The van der Waals surface area contributed by atoms with Crippen molar-refractivity contribution in [2.75, 3.05) is 13.1 Å². The molecule has 0 bridgehead atoms. The Morgan fingerprint density at radius 3 is 2.60 bits per heavy atom. The lowest BCUT2D eigenvalue weighted by atomic mass is 9.84. The van der Waals surface area contributed by atoms with Gasteiger partial charge < -0.3 is 14.4 Å². The fourth-order valence-electron chi connectivity index (χ4n) is 3.52. The number of ether oxygens (including phenoxy) is 2. The Morgan fingerprint density at radius 2 is 2.00 bits per heavy atom. The zero-order valence-corrected chi connectivity index (χ0v) is 15.1. The molecule has 0 aromatic carbocycles. The van der Waals surface area contributed by atoms with Crippen LogP contribution in [0.25, 0.3) is 0 Å². The van der Waals surface area contributed by atoms with Crippen LogP contribution in [0.15, 0.2) is 6.20 Å². The smallest absolute Gasteiger partial charge is 0.410 e. The van der Waals surface area contributed by atoms with Crippen LogP contribution in [0.4, 0.5) is 4.79 Å². The molecule has 136 valence electrons. The van der Waals surface area contributed by atoms with Gasteiger partial charge in [-0.05, 0) is 33.6 Å². The average Bonchev–Trinajstić information content (AvgIpc) is 3.26. The van der Waals surface area contributed by atoms with Gasteiger partial charge in [-0.3, -0.25) is 9.48 Å². The summed E-state index contributed by atoms with van der Waals surface area (Å²) >= 11 is 0. The normalized spacial score (nSPS) is 22.5. The zero-order valence-electron chi connectivity index (χ0n) is 15.1. The first kappa shape index (κ1) is 16.4. The summed E-state index contributed by atoms with van der Waals surface area (Å²) in [5.41, 5.74) is -0.553. The molecule has 1 spiro atoms. The lowest BCUT2D eigenvalue weighted by molar-refractivity contribution is -0.0227. The third-order valence-corrected chi connectivity index (χ3v) is 5.02. The monoisotopic (exact) mass is 347 g/mol. The number of hydrogen-bond donors (Lipinski definition) is 0. The molecular weight excluding hydrogens is 322 g/mol. The number of fused-ring (bicyclic) bond motifs is 1. The van der Waals surface area contributed by atoms with E-state index in [0.717, 1.165) is 12.8 Å². The van der Waals surface area contributed by atoms with Crippen LogP contribution in [-0.4, -0.2) is 50.8 Å². The van der Waals surface area contributed by atoms with E-state index < -0.39 is 11.2 Å². The molecule has 25 heavy (non-hydrogen) atoms. The SMILES string of the molecule is CC(C)(C)OC(=O)N1CCC2(CC1)CC(=O)c1nn(C3CC3)cc1O2. The van der Waals surface area contributed by atoms with E-state index in [1.165, 1.54) is 0 Å². The van der Waals surface area contributed by atoms with E-state index in [1.54, 1.807) is 4.90 Å². The van der Waals surface area contributed by atoms with Gasteiger partial charge in [0.2, 0.25) is 0 Å². The second kappa shape index (κ2) is 5.47. The van der Waals surface area contributed by atoms with Crippen molar-refractivity contribution in [3.8, 4) is 5.75 Å². The number of Topliss-reactive ketones (excluding diaryl/α,β-unsaturated/α-hetero) is 1. The van der Waals surface area contributed by atoms with Gasteiger partial charge in [-0.15, -0.1) is 0 Å². The van der Waals surface area contributed by atoms with Gasteiger partial charge in [0.05, 0.1) is 18.7 Å². The van der Waals surface area contributed by atoms with Crippen molar-refractivity contribution in [1.82, 2.24) is 14.7 Å². The second-order valence-electron chi connectivity index (χ2n) is 8.41. The molecule has 0 atom stereocenters. The van der Waals surface area contributed by atoms with Gasteiger partial charge in [0, 0.05) is 25.9 Å². The Hall–Kier alpha value is -2.05. The molecule has 1 aromatic heterocycles. The first-order valence-electron chi connectivity index (χ1n) is 9.04. The molecule has 7 heteroatoms. The fraction of sp³-hybridized carbons (Fsp3) is 0.722. The van der Waals surface area contributed by atoms with Crippen LogP contribution in [0.1, 0.15) is 69.4 Å². The van der Waals surface area contributed by atoms with E-state index in [0.29, 0.717) is 49.8 Å². The lowest BCUT2D eigenvalue weighted by Gasteiger charge is -2.43. The molecule has 0 unspecified atom stereocenters. The summed E-state index contributed by atoms with van der Waals surface area (Å²) in [6, 6.07) is 0.423. The minimum atomic E-state index is -0.514. The Morgan fingerprint density at radius 1 is 1.32 bits per heavy atom. The number of ketones is 1. The molecule has 1 saturated heterocycles. The molecule has 0 radical (unpaired) electrons. The number of carbonyl (C=O) groups is 2. The van der Waals surface area contributed by atoms with Crippen LogP contribution in [0, 0.1) is 0 Å². The fourth-order valence-corrected chi connectivity index (χ4v) is 3.52. The summed E-state index contributed by atoms with van der Waals surface area (Å²) in [5.74, 6) is 0.653. The molecule has 1 aromatic rings. The van der Waals surface area contributed by atoms with Crippen molar-refractivity contribution >= 4 is 11.9 Å². The van der Waals surface area contributed by atoms with Gasteiger partial charge >= 0.3 is 6.09 Å². The number of likely N-dealkylation sites (tertiary alicyclic amines) is 1. The Kier molecular flexibility index (Phi) is 3.60. The van der Waals surface area contributed by atoms with E-state index in [4.69, 9.17) is 9.47 Å². The van der Waals surface area contributed by atoms with Crippen LogP contribution in [0.2, 0.25) is 0 Å². The molecule has 2 fully saturated rings. The lowest BCUT2D eigenvalue weighted by Crippen LogP contribution is -2.52. The van der Waals surface area contributed by atoms with E-state index >= 15 is 0 Å². The minimum Gasteiger partial charge on any atom is -0.483 e. The summed E-state index contributed by atoms with van der Waals surface area (Å²) in [6.07, 6.45) is 5.40. The number of aromatic nitrogens is 2. The van der Waals surface area contributed by atoms with Crippen molar-refractivity contribution < 1.29 is 19.1 Å². The predicted molar refractivity (Wildman–Crippen MR) is 89.8 cm³/mol. The highest BCUT2D eigenvalue weighted by Gasteiger charge is 2.46. The van der Waals surface area contributed by atoms with Crippen LogP contribution in [0.3, 0.4) is 0 Å². The first-order chi connectivity index (χ1) is 11.7. The topological polar surface area (TPSA) is 73.7 Å². The number of amides is 1. The Bertz CT molecular complexity index is 706. The van der Waals surface area contributed by atoms with Crippen molar-refractivity contribution in [2.45, 2.75) is 70.1 Å². The number of carbonyl (C=O) groups excluding carboxylic acids is 2. The Balaban J connectivity index is 1.44. The first-order valence-corrected chi connectivity index (χ1v) is 9.04. The predicted octanol–water partition coefficient (Wildman–Crippen LogP) is 2.95. The summed E-state index contributed by atoms with van der Waals surface area (Å²) in [4.78, 5) is 26.5. The van der Waals surface area contributed by atoms with E-state index in [9.17, 15) is 9.59 Å². The van der Waals surface area contributed by atoms with Crippen molar-refractivity contribution in [2.24, 2.45) is 0 Å². The molecule has 7 nitrogen and oxygen atoms in total. The minimum absolute atomic E-state index is 0.0476. The molecule has 2 aliphatic heterocycles. The maximum atomic E-state index is 12.6. The number of rotatable bonds is 1. The zero-order chi connectivity index (χ0) is 17.8. The third-order valence-electron chi connectivity index (χ3n) is 5.02. The van der Waals surface area contributed by atoms with Crippen LogP contribution < -0.4 is 4.74 Å². The van der Waals surface area contributed by atoms with Gasteiger partial charge in [0.1, 0.15) is 11.2 Å². The van der Waals surface area contributed by atoms with E-state index in [-0.39, 0.29) is 11.9 Å². The van der Waals surface area contributed by atoms with Gasteiger partial charge in [-0.1, -0.05) is 0 Å². The van der Waals surface area contributed by atoms with Crippen molar-refractivity contribution in [1.29, 1.82) is 0 Å². The second-order valence-corrected chi connectivity index (χ2v) is 8.41. The van der Waals surface area contributed by atoms with Gasteiger partial charge in [0.15, 0.2) is 17.2 Å². The molecule has 1 saturated carbocycles. The molecule has 3 aliphatic rings. The van der Waals surface area contributed by atoms with Gasteiger partial charge in [-0.2, -0.15) is 5.10 Å². The average molecular weight is 347 g/mol. The summed E-state index contributed by atoms with van der Waals surface area (Å²) in [7, 11) is 0. The van der Waals surface area contributed by atoms with E-state index in [2.05, 4.69) is 5.10 Å². The number of hydrogen-bond acceptors (Lipinski definition) is 5. The molecule has 0 N–H and O–H groups in total. The maximum Gasteiger partial charge on any atom is 0.410 e. The Labute approximate surface area is 147 Å². The van der Waals surface area contributed by atoms with Gasteiger partial charge in [-0.25, -0.2) is 4.79 Å². The summed E-state index contributed by atoms with van der Waals surface area (Å²) in [5, 5.41) is 4.41. The molecule has 1 amide bonds. The molecule has 4 rings (SSSR count). The largest absolute Gasteiger partial charge is 0.483 e. The van der Waals surface area contributed by atoms with Crippen LogP contribution >= 0.6 is 0 Å². The summed E-state index contributed by atoms with van der Waals surface area (Å²) in [6.45, 7) is 6.65. The van der Waals surface area contributed by atoms with Gasteiger partial charge in [0.25, 0.3) is 0 Å². The third kappa shape index (κ3) is 3.24. The number of nitrogens with zero attached hydrogens (tertiary/aromatic N) is 3. The highest BCUT2D eigenvalue weighted by atomic mass is 16.6. The molecular formula is C18H25N3O4. The molecule has 1 aliphatic carbocycles. The standard InChI is InChI=1S/C18H25N3O4/c1-17(2,3)25-16(23)20-8-6-18(7-9-20)10-13(22)15-14(24-18)11-21(19-15)12-4-5-12/h11-12H,4-10H2,1-3H3. The highest BCUT2D eigenvalue weighted by Crippen LogP contribution is 2.42. The van der Waals surface area contributed by atoms with E-state index in [1.807, 2.05) is 31.6 Å². The van der Waals surface area contributed by atoms with Crippen LogP contribution in [-0.2, 0) is 4.74 Å². The van der Waals surface area contributed by atoms with Crippen LogP contribution in [0.5, 0.6) is 5.75 Å². The maximum absolute atomic E-state index is 12.6. The van der Waals surface area contributed by atoms with Crippen molar-refractivity contribution in [3.63, 3.8) is 0 Å². The number of piperidine rings is 1. The molecule has 3 heterocycles. The highest BCUT2D eigenvalue weighted by molar-refractivity contribution is 5.98.